The number of aliphatic hydroxyl groups is 1. The maximum Gasteiger partial charge on any atom is 0.143 e. The first-order valence-corrected chi connectivity index (χ1v) is 31.8. The lowest BCUT2D eigenvalue weighted by Gasteiger charge is -2.31. The highest BCUT2D eigenvalue weighted by Crippen LogP contribution is 2.64. The number of rotatable bonds is 6. The lowest BCUT2D eigenvalue weighted by molar-refractivity contribution is 0.131. The number of nitrogens with zero attached hydrogens (tertiary/aromatic N) is 2. The molecule has 14 aromatic rings. The maximum absolute atomic E-state index is 13.6. The molecule has 2 aromatic heterocycles. The summed E-state index contributed by atoms with van der Waals surface area (Å²) in [4.78, 5) is 10.6. The summed E-state index contributed by atoms with van der Waals surface area (Å²) in [6.45, 7) is 17.3. The number of aromatic nitrogens is 2. The summed E-state index contributed by atoms with van der Waals surface area (Å²) >= 11 is 0. The van der Waals surface area contributed by atoms with Crippen LogP contribution in [-0.2, 0) is 11.0 Å². The van der Waals surface area contributed by atoms with Crippen LogP contribution in [0.25, 0.3) is 111 Å². The summed E-state index contributed by atoms with van der Waals surface area (Å²) in [6.07, 6.45) is 0. The number of hydrogen-bond acceptors (Lipinski definition) is 3. The minimum absolute atomic E-state index is 0.475. The lowest BCUT2D eigenvalue weighted by atomic mass is 9.70. The molecule has 0 saturated carbocycles. The van der Waals surface area contributed by atoms with Gasteiger partial charge in [0, 0.05) is 38.6 Å². The minimum Gasteiger partial charge on any atom is -0.376 e. The fourth-order valence-electron chi connectivity index (χ4n) is 15.8. The Morgan fingerprint density at radius 2 is 0.571 bits per heavy atom. The summed E-state index contributed by atoms with van der Waals surface area (Å²) in [5.74, 6) is 0. The molecule has 91 heavy (non-hydrogen) atoms. The highest BCUT2D eigenvalue weighted by Gasteiger charge is 2.53. The van der Waals surface area contributed by atoms with E-state index in [9.17, 15) is 5.11 Å². The first-order valence-electron chi connectivity index (χ1n) is 31.8. The summed E-state index contributed by atoms with van der Waals surface area (Å²) in [7, 11) is 0. The van der Waals surface area contributed by atoms with Crippen LogP contribution in [0, 0.1) is 55.4 Å². The van der Waals surface area contributed by atoms with Gasteiger partial charge in [-0.15, -0.1) is 0 Å². The second kappa shape index (κ2) is 21.3. The van der Waals surface area contributed by atoms with Gasteiger partial charge in [0.2, 0.25) is 0 Å². The third-order valence-corrected chi connectivity index (χ3v) is 19.3. The molecule has 0 radical (unpaired) electrons. The van der Waals surface area contributed by atoms with Crippen molar-refractivity contribution in [3.8, 4) is 89.3 Å². The van der Waals surface area contributed by atoms with E-state index in [0.717, 1.165) is 83.4 Å². The Kier molecular flexibility index (Phi) is 13.0. The SMILES string of the molecule is Cc1cc(C)cc(-c2ccc3c(c2)C(O)(c2cc4ccccc4nc2-c2ccccc2)c2cc(-c4cc(C)cc(C)c4)ccc2-3)c1.Cc1cc(C)cc(-c2ccc3c(c2)C2(c4cc(-c5cc(C)cc(C)c5)ccc4-3)c3ccccc3-c3nc4ccccc4cc32)c1. The van der Waals surface area contributed by atoms with E-state index >= 15 is 0 Å². The molecule has 1 N–H and O–H groups in total. The molecule has 0 saturated heterocycles. The zero-order valence-corrected chi connectivity index (χ0v) is 52.7. The van der Waals surface area contributed by atoms with Crippen LogP contribution in [0.4, 0.5) is 0 Å². The van der Waals surface area contributed by atoms with Gasteiger partial charge in [0.25, 0.3) is 0 Å². The van der Waals surface area contributed by atoms with Crippen molar-refractivity contribution in [2.45, 2.75) is 66.4 Å². The van der Waals surface area contributed by atoms with E-state index in [1.165, 1.54) is 111 Å². The highest BCUT2D eigenvalue weighted by molar-refractivity contribution is 5.99. The molecule has 0 atom stereocenters. The van der Waals surface area contributed by atoms with Crippen molar-refractivity contribution in [2.24, 2.45) is 0 Å². The molecule has 0 unspecified atom stereocenters. The quantitative estimate of drug-likeness (QED) is 0.180. The third-order valence-electron chi connectivity index (χ3n) is 19.3. The predicted octanol–water partition coefficient (Wildman–Crippen LogP) is 21.9. The highest BCUT2D eigenvalue weighted by atomic mass is 16.3. The number of para-hydroxylation sites is 2. The second-order valence-corrected chi connectivity index (χ2v) is 26.1. The normalized spacial score (nSPS) is 13.3. The molecule has 436 valence electrons. The average Bonchev–Trinajstić information content (AvgIpc) is 1.52. The predicted molar refractivity (Wildman–Crippen MR) is 379 cm³/mol. The van der Waals surface area contributed by atoms with Gasteiger partial charge in [-0.2, -0.15) is 0 Å². The van der Waals surface area contributed by atoms with Gasteiger partial charge in [0.05, 0.1) is 27.8 Å². The number of hydrogen-bond donors (Lipinski definition) is 1. The van der Waals surface area contributed by atoms with Crippen molar-refractivity contribution >= 4 is 21.8 Å². The summed E-state index contributed by atoms with van der Waals surface area (Å²) < 4.78 is 0. The smallest absolute Gasteiger partial charge is 0.143 e. The molecule has 17 rings (SSSR count). The van der Waals surface area contributed by atoms with E-state index in [1.807, 2.05) is 36.4 Å². The Hall–Kier alpha value is -10.6. The Labute approximate surface area is 533 Å². The monoisotopic (exact) mass is 1170 g/mol. The van der Waals surface area contributed by atoms with E-state index in [2.05, 4.69) is 280 Å². The summed E-state index contributed by atoms with van der Waals surface area (Å²) in [5.41, 5.74) is 36.1. The molecule has 3 nitrogen and oxygen atoms in total. The molecule has 0 amide bonds. The number of pyridine rings is 2. The summed E-state index contributed by atoms with van der Waals surface area (Å²) in [5, 5.41) is 15.8. The van der Waals surface area contributed by atoms with Gasteiger partial charge < -0.3 is 5.11 Å². The number of benzene rings is 12. The van der Waals surface area contributed by atoms with Crippen LogP contribution in [0.15, 0.2) is 261 Å². The van der Waals surface area contributed by atoms with Gasteiger partial charge in [0.15, 0.2) is 0 Å². The lowest BCUT2D eigenvalue weighted by Crippen LogP contribution is -2.27. The molecule has 2 heterocycles. The van der Waals surface area contributed by atoms with Crippen LogP contribution in [0.2, 0.25) is 0 Å². The maximum atomic E-state index is 13.6. The first-order chi connectivity index (χ1) is 44.2. The first kappa shape index (κ1) is 55.7. The largest absolute Gasteiger partial charge is 0.376 e. The Bertz CT molecular complexity index is 5070. The van der Waals surface area contributed by atoms with E-state index in [-0.39, 0.29) is 0 Å². The standard InChI is InChI=1S/C44H35NO.C44H33N/c1-27-18-28(2)21-35(20-27)32-14-16-37-38-17-15-33(36-22-29(3)19-30(4)23-36)25-40(38)44(46,39(37)24-32)41-26-34-12-8-9-13-42(34)45-43(41)31-10-6-5-7-11-31;1-26-17-27(2)20-33(19-26)30-13-15-35-36-16-14-31(34-21-28(3)18-29(4)22-34)24-40(36)44(39(35)23-30)38-11-7-6-10-37(38)43-41(44)25-32-9-5-8-12-42(32)45-43/h5-26,46H,1-4H3;5-25H,1-4H3. The molecular formula is C88H68N2O. The van der Waals surface area contributed by atoms with Crippen LogP contribution < -0.4 is 0 Å². The molecule has 1 spiro atoms. The Morgan fingerprint density at radius 3 is 1.00 bits per heavy atom. The Balaban J connectivity index is 0.000000145. The van der Waals surface area contributed by atoms with Crippen LogP contribution >= 0.6 is 0 Å². The van der Waals surface area contributed by atoms with E-state index in [1.54, 1.807) is 0 Å². The molecule has 12 aromatic carbocycles. The zero-order chi connectivity index (χ0) is 62.0. The van der Waals surface area contributed by atoms with Crippen LogP contribution in [0.3, 0.4) is 0 Å². The molecule has 0 bridgehead atoms. The molecule has 0 aliphatic heterocycles. The topological polar surface area (TPSA) is 46.0 Å². The molecule has 0 fully saturated rings. The average molecular weight is 1170 g/mol. The van der Waals surface area contributed by atoms with Gasteiger partial charge >= 0.3 is 0 Å². The molecule has 3 aliphatic carbocycles. The molecule has 3 heteroatoms. The van der Waals surface area contributed by atoms with Crippen LogP contribution in [-0.4, -0.2) is 15.1 Å². The van der Waals surface area contributed by atoms with Crippen molar-refractivity contribution in [1.82, 2.24) is 9.97 Å². The zero-order valence-electron chi connectivity index (χ0n) is 52.7. The van der Waals surface area contributed by atoms with Gasteiger partial charge in [-0.05, 0) is 193 Å². The van der Waals surface area contributed by atoms with Crippen molar-refractivity contribution < 1.29 is 5.11 Å². The number of fused-ring (bicyclic) bond motifs is 15. The van der Waals surface area contributed by atoms with Crippen LogP contribution in [0.1, 0.15) is 83.5 Å². The van der Waals surface area contributed by atoms with Crippen molar-refractivity contribution in [2.75, 3.05) is 0 Å². The van der Waals surface area contributed by atoms with Gasteiger partial charge in [-0.25, -0.2) is 9.97 Å². The summed E-state index contributed by atoms with van der Waals surface area (Å²) in [6, 6.07) is 95.0. The van der Waals surface area contributed by atoms with Gasteiger partial charge in [-0.3, -0.25) is 0 Å². The molecule has 3 aliphatic rings. The second-order valence-electron chi connectivity index (χ2n) is 26.1. The fourth-order valence-corrected chi connectivity index (χ4v) is 15.8. The van der Waals surface area contributed by atoms with Crippen molar-refractivity contribution in [3.63, 3.8) is 0 Å². The Morgan fingerprint density at radius 1 is 0.231 bits per heavy atom. The van der Waals surface area contributed by atoms with E-state index in [0.29, 0.717) is 0 Å². The van der Waals surface area contributed by atoms with Gasteiger partial charge in [-0.1, -0.05) is 257 Å². The fraction of sp³-hybridized carbons (Fsp3) is 0.114. The third kappa shape index (κ3) is 9.12. The molecular weight excluding hydrogens is 1100 g/mol. The minimum atomic E-state index is -1.45. The van der Waals surface area contributed by atoms with Crippen molar-refractivity contribution in [1.29, 1.82) is 0 Å². The van der Waals surface area contributed by atoms with E-state index < -0.39 is 11.0 Å². The van der Waals surface area contributed by atoms with E-state index in [4.69, 9.17) is 9.97 Å². The van der Waals surface area contributed by atoms with Crippen molar-refractivity contribution in [3.05, 3.63) is 344 Å². The van der Waals surface area contributed by atoms with Crippen LogP contribution in [0.5, 0.6) is 0 Å². The van der Waals surface area contributed by atoms with Gasteiger partial charge in [0.1, 0.15) is 5.60 Å². The number of aryl methyl sites for hydroxylation is 8.